The molecule has 0 atom stereocenters. The maximum absolute atomic E-state index is 5.37. The Morgan fingerprint density at radius 3 is 2.64 bits per heavy atom. The SMILES string of the molecule is CCCCCNC(=S)N/N=C(/C)c1ccc(OC)cc1OC. The van der Waals surface area contributed by atoms with Gasteiger partial charge in [0.15, 0.2) is 5.11 Å². The van der Waals surface area contributed by atoms with Crippen LogP contribution in [-0.4, -0.2) is 31.6 Å². The molecule has 0 saturated carbocycles. The predicted octanol–water partition coefficient (Wildman–Crippen LogP) is 3.08. The molecular formula is C16H25N3O2S. The highest BCUT2D eigenvalue weighted by Gasteiger charge is 2.08. The van der Waals surface area contributed by atoms with Gasteiger partial charge in [-0.1, -0.05) is 19.8 Å². The second kappa shape index (κ2) is 10.00. The van der Waals surface area contributed by atoms with E-state index in [4.69, 9.17) is 21.7 Å². The Bertz CT molecular complexity index is 518. The number of nitrogens with zero attached hydrogens (tertiary/aromatic N) is 1. The molecule has 0 aliphatic carbocycles. The summed E-state index contributed by atoms with van der Waals surface area (Å²) in [6.45, 7) is 4.93. The summed E-state index contributed by atoms with van der Waals surface area (Å²) in [7, 11) is 3.25. The van der Waals surface area contributed by atoms with Crippen molar-refractivity contribution in [1.29, 1.82) is 0 Å². The van der Waals surface area contributed by atoms with Crippen molar-refractivity contribution in [3.63, 3.8) is 0 Å². The number of ether oxygens (including phenoxy) is 2. The molecule has 0 heterocycles. The monoisotopic (exact) mass is 323 g/mol. The molecule has 1 aromatic carbocycles. The molecule has 1 rings (SSSR count). The van der Waals surface area contributed by atoms with E-state index in [1.54, 1.807) is 14.2 Å². The summed E-state index contributed by atoms with van der Waals surface area (Å²) < 4.78 is 10.6. The molecule has 2 N–H and O–H groups in total. The van der Waals surface area contributed by atoms with Crippen LogP contribution >= 0.6 is 12.2 Å². The van der Waals surface area contributed by atoms with Gasteiger partial charge in [0.2, 0.25) is 0 Å². The zero-order chi connectivity index (χ0) is 16.4. The van der Waals surface area contributed by atoms with Gasteiger partial charge in [0.1, 0.15) is 11.5 Å². The molecule has 0 aliphatic heterocycles. The number of methoxy groups -OCH3 is 2. The number of hydrogen-bond acceptors (Lipinski definition) is 4. The van der Waals surface area contributed by atoms with E-state index in [9.17, 15) is 0 Å². The van der Waals surface area contributed by atoms with Gasteiger partial charge in [-0.2, -0.15) is 5.10 Å². The summed E-state index contributed by atoms with van der Waals surface area (Å²) in [5.41, 5.74) is 4.54. The van der Waals surface area contributed by atoms with Crippen molar-refractivity contribution in [2.24, 2.45) is 5.10 Å². The molecule has 0 fully saturated rings. The van der Waals surface area contributed by atoms with E-state index in [-0.39, 0.29) is 0 Å². The van der Waals surface area contributed by atoms with Gasteiger partial charge in [-0.3, -0.25) is 5.43 Å². The Morgan fingerprint density at radius 2 is 2.00 bits per heavy atom. The first kappa shape index (κ1) is 18.2. The number of thiocarbonyl (C=S) groups is 1. The molecule has 0 spiro atoms. The zero-order valence-electron chi connectivity index (χ0n) is 13.7. The minimum absolute atomic E-state index is 0.530. The lowest BCUT2D eigenvalue weighted by atomic mass is 10.1. The summed E-state index contributed by atoms with van der Waals surface area (Å²) in [6, 6.07) is 5.61. The zero-order valence-corrected chi connectivity index (χ0v) is 14.5. The van der Waals surface area contributed by atoms with Crippen molar-refractivity contribution in [3.8, 4) is 11.5 Å². The van der Waals surface area contributed by atoms with E-state index in [2.05, 4.69) is 22.8 Å². The number of hydrogen-bond donors (Lipinski definition) is 2. The van der Waals surface area contributed by atoms with Crippen molar-refractivity contribution < 1.29 is 9.47 Å². The maximum atomic E-state index is 5.37. The molecule has 0 radical (unpaired) electrons. The first-order valence-electron chi connectivity index (χ1n) is 7.42. The van der Waals surface area contributed by atoms with Crippen LogP contribution in [0.25, 0.3) is 0 Å². The Kier molecular flexibility index (Phi) is 8.28. The molecule has 0 unspecified atom stereocenters. The fraction of sp³-hybridized carbons (Fsp3) is 0.500. The Morgan fingerprint density at radius 1 is 1.23 bits per heavy atom. The lowest BCUT2D eigenvalue weighted by Crippen LogP contribution is -2.33. The van der Waals surface area contributed by atoms with Crippen molar-refractivity contribution in [3.05, 3.63) is 23.8 Å². The number of rotatable bonds is 8. The fourth-order valence-corrected chi connectivity index (χ4v) is 2.06. The minimum atomic E-state index is 0.530. The number of hydrazone groups is 1. The third kappa shape index (κ3) is 5.89. The highest BCUT2D eigenvalue weighted by molar-refractivity contribution is 7.80. The lowest BCUT2D eigenvalue weighted by Gasteiger charge is -2.11. The average molecular weight is 323 g/mol. The molecule has 6 heteroatoms. The predicted molar refractivity (Wildman–Crippen MR) is 95.0 cm³/mol. The smallest absolute Gasteiger partial charge is 0.186 e. The Labute approximate surface area is 138 Å². The summed E-state index contributed by atoms with van der Waals surface area (Å²) in [5, 5.41) is 7.96. The van der Waals surface area contributed by atoms with Gasteiger partial charge in [-0.05, 0) is 37.7 Å². The van der Waals surface area contributed by atoms with E-state index in [0.29, 0.717) is 10.9 Å². The summed E-state index contributed by atoms with van der Waals surface area (Å²) in [6.07, 6.45) is 3.49. The molecule has 0 amide bonds. The molecule has 1 aromatic rings. The van der Waals surface area contributed by atoms with Gasteiger partial charge in [-0.15, -0.1) is 0 Å². The second-order valence-corrected chi connectivity index (χ2v) is 5.25. The molecule has 0 aliphatic rings. The van der Waals surface area contributed by atoms with Crippen LogP contribution in [0.4, 0.5) is 0 Å². The first-order chi connectivity index (χ1) is 10.6. The fourth-order valence-electron chi connectivity index (χ4n) is 1.91. The van der Waals surface area contributed by atoms with E-state index in [1.165, 1.54) is 12.8 Å². The van der Waals surface area contributed by atoms with Gasteiger partial charge in [-0.25, -0.2) is 0 Å². The van der Waals surface area contributed by atoms with Crippen LogP contribution in [0.1, 0.15) is 38.7 Å². The third-order valence-electron chi connectivity index (χ3n) is 3.19. The minimum Gasteiger partial charge on any atom is -0.497 e. The van der Waals surface area contributed by atoms with Crippen LogP contribution in [0.2, 0.25) is 0 Å². The molecular weight excluding hydrogens is 298 g/mol. The van der Waals surface area contributed by atoms with Gasteiger partial charge < -0.3 is 14.8 Å². The van der Waals surface area contributed by atoms with E-state index < -0.39 is 0 Å². The van der Waals surface area contributed by atoms with Crippen LogP contribution < -0.4 is 20.2 Å². The maximum Gasteiger partial charge on any atom is 0.186 e. The standard InChI is InChI=1S/C16H25N3O2S/c1-5-6-7-10-17-16(22)19-18-12(2)14-9-8-13(20-3)11-15(14)21-4/h8-9,11H,5-7,10H2,1-4H3,(H2,17,19,22)/b18-12-. The van der Waals surface area contributed by atoms with Crippen LogP contribution in [0.15, 0.2) is 23.3 Å². The average Bonchev–Trinajstić information content (AvgIpc) is 2.55. The van der Waals surface area contributed by atoms with Gasteiger partial charge >= 0.3 is 0 Å². The molecule has 0 aromatic heterocycles. The van der Waals surface area contributed by atoms with Crippen molar-refractivity contribution in [2.45, 2.75) is 33.1 Å². The summed E-state index contributed by atoms with van der Waals surface area (Å²) in [4.78, 5) is 0. The van der Waals surface area contributed by atoms with Crippen LogP contribution in [0.5, 0.6) is 11.5 Å². The summed E-state index contributed by atoms with van der Waals surface area (Å²) >= 11 is 5.19. The first-order valence-corrected chi connectivity index (χ1v) is 7.83. The molecule has 5 nitrogen and oxygen atoms in total. The number of benzene rings is 1. The molecule has 22 heavy (non-hydrogen) atoms. The highest BCUT2D eigenvalue weighted by atomic mass is 32.1. The van der Waals surface area contributed by atoms with Crippen LogP contribution in [-0.2, 0) is 0 Å². The van der Waals surface area contributed by atoms with Gasteiger partial charge in [0.25, 0.3) is 0 Å². The molecule has 0 saturated heterocycles. The Balaban J connectivity index is 2.63. The highest BCUT2D eigenvalue weighted by Crippen LogP contribution is 2.24. The van der Waals surface area contributed by atoms with Crippen LogP contribution in [0.3, 0.4) is 0 Å². The lowest BCUT2D eigenvalue weighted by molar-refractivity contribution is 0.394. The van der Waals surface area contributed by atoms with Crippen LogP contribution in [0, 0.1) is 0 Å². The van der Waals surface area contributed by atoms with E-state index >= 15 is 0 Å². The quantitative estimate of drug-likeness (QED) is 0.333. The van der Waals surface area contributed by atoms with E-state index in [0.717, 1.165) is 30.0 Å². The topological polar surface area (TPSA) is 54.9 Å². The Hall–Kier alpha value is -1.82. The van der Waals surface area contributed by atoms with E-state index in [1.807, 2.05) is 25.1 Å². The van der Waals surface area contributed by atoms with Crippen molar-refractivity contribution in [1.82, 2.24) is 10.7 Å². The second-order valence-electron chi connectivity index (χ2n) is 4.84. The summed E-state index contributed by atoms with van der Waals surface area (Å²) in [5.74, 6) is 1.46. The number of nitrogens with one attached hydrogen (secondary N) is 2. The molecule has 0 bridgehead atoms. The van der Waals surface area contributed by atoms with Crippen molar-refractivity contribution in [2.75, 3.05) is 20.8 Å². The van der Waals surface area contributed by atoms with Gasteiger partial charge in [0.05, 0.1) is 19.9 Å². The normalized spacial score (nSPS) is 11.0. The van der Waals surface area contributed by atoms with Gasteiger partial charge in [0, 0.05) is 18.2 Å². The third-order valence-corrected chi connectivity index (χ3v) is 3.43. The molecule has 122 valence electrons. The number of unbranched alkanes of at least 4 members (excludes halogenated alkanes) is 2. The van der Waals surface area contributed by atoms with Crippen molar-refractivity contribution >= 4 is 23.0 Å². The largest absolute Gasteiger partial charge is 0.497 e.